The van der Waals surface area contributed by atoms with E-state index in [2.05, 4.69) is 66.8 Å². The molecule has 0 radical (unpaired) electrons. The summed E-state index contributed by atoms with van der Waals surface area (Å²) < 4.78 is 13.3. The smallest absolute Gasteiger partial charge is 0.240 e. The van der Waals surface area contributed by atoms with Gasteiger partial charge in [0, 0.05) is 32.9 Å². The van der Waals surface area contributed by atoms with Crippen LogP contribution in [0.1, 0.15) is 89.2 Å². The summed E-state index contributed by atoms with van der Waals surface area (Å²) in [7, 11) is 0. The maximum atomic E-state index is 12.1. The summed E-state index contributed by atoms with van der Waals surface area (Å²) in [4.78, 5) is 24.2. The lowest BCUT2D eigenvalue weighted by molar-refractivity contribution is -0.122. The van der Waals surface area contributed by atoms with Gasteiger partial charge in [-0.15, -0.1) is 0 Å². The standard InChI is InChI=1S/C30H40Br2N4O4/c1-3-17-39-27-15-13-25(31)19-23(27)21-33-35-29(37)11-9-7-5-6-8-10-12-30(38)36-34-22-24-20-26(32)14-16-28(24)40-18-4-2/h13-16,19-22H,3-12,17-18H2,1-2H3,(H,35,37)(H,36,38). The molecule has 0 fully saturated rings. The van der Waals surface area contributed by atoms with Crippen LogP contribution in [0, 0.1) is 0 Å². The molecule has 0 unspecified atom stereocenters. The highest BCUT2D eigenvalue weighted by atomic mass is 79.9. The van der Waals surface area contributed by atoms with Crippen molar-refractivity contribution in [3.8, 4) is 11.5 Å². The molecule has 40 heavy (non-hydrogen) atoms. The number of carbonyl (C=O) groups is 2. The van der Waals surface area contributed by atoms with Gasteiger partial charge in [-0.1, -0.05) is 71.4 Å². The van der Waals surface area contributed by atoms with E-state index in [-0.39, 0.29) is 11.8 Å². The first-order valence-corrected chi connectivity index (χ1v) is 15.5. The van der Waals surface area contributed by atoms with E-state index in [0.29, 0.717) is 26.1 Å². The van der Waals surface area contributed by atoms with Crippen LogP contribution in [-0.2, 0) is 9.59 Å². The number of hydrogen-bond donors (Lipinski definition) is 2. The fraction of sp³-hybridized carbons (Fsp3) is 0.467. The molecule has 2 N–H and O–H groups in total. The summed E-state index contributed by atoms with van der Waals surface area (Å²) in [6, 6.07) is 11.4. The number of halogens is 2. The zero-order chi connectivity index (χ0) is 29.0. The Morgan fingerprint density at radius 3 is 1.50 bits per heavy atom. The van der Waals surface area contributed by atoms with Gasteiger partial charge in [0.1, 0.15) is 11.5 Å². The number of carbonyl (C=O) groups excluding carboxylic acids is 2. The van der Waals surface area contributed by atoms with Crippen LogP contribution in [0.3, 0.4) is 0 Å². The lowest BCUT2D eigenvalue weighted by Crippen LogP contribution is -2.17. The molecule has 0 atom stereocenters. The summed E-state index contributed by atoms with van der Waals surface area (Å²) in [5.41, 5.74) is 6.80. The highest BCUT2D eigenvalue weighted by molar-refractivity contribution is 9.10. The van der Waals surface area contributed by atoms with Gasteiger partial charge in [-0.2, -0.15) is 10.2 Å². The summed E-state index contributed by atoms with van der Waals surface area (Å²) in [6.45, 7) is 5.35. The monoisotopic (exact) mass is 678 g/mol. The second-order valence-corrected chi connectivity index (χ2v) is 11.1. The number of hydrogen-bond acceptors (Lipinski definition) is 6. The quantitative estimate of drug-likeness (QED) is 0.0912. The summed E-state index contributed by atoms with van der Waals surface area (Å²) in [5.74, 6) is 1.26. The van der Waals surface area contributed by atoms with E-state index >= 15 is 0 Å². The molecule has 0 saturated heterocycles. The van der Waals surface area contributed by atoms with Gasteiger partial charge < -0.3 is 9.47 Å². The van der Waals surface area contributed by atoms with E-state index in [0.717, 1.165) is 82.9 Å². The lowest BCUT2D eigenvalue weighted by atomic mass is 10.1. The van der Waals surface area contributed by atoms with E-state index in [4.69, 9.17) is 9.47 Å². The van der Waals surface area contributed by atoms with Crippen LogP contribution in [0.5, 0.6) is 11.5 Å². The van der Waals surface area contributed by atoms with E-state index in [1.54, 1.807) is 12.4 Å². The zero-order valence-corrected chi connectivity index (χ0v) is 26.6. The Labute approximate surface area is 254 Å². The Morgan fingerprint density at radius 1 is 0.700 bits per heavy atom. The SMILES string of the molecule is CCCOc1ccc(Br)cc1C=NNC(=O)CCCCCCCCC(=O)NN=Cc1cc(Br)ccc1OCCC. The molecule has 2 amide bonds. The van der Waals surface area contributed by atoms with Gasteiger partial charge in [-0.25, -0.2) is 10.9 Å². The van der Waals surface area contributed by atoms with Gasteiger partial charge >= 0.3 is 0 Å². The molecule has 0 bridgehead atoms. The number of unbranched alkanes of at least 4 members (excludes halogenated alkanes) is 5. The van der Waals surface area contributed by atoms with Crippen LogP contribution in [0.15, 0.2) is 55.5 Å². The highest BCUT2D eigenvalue weighted by Gasteiger charge is 2.05. The Hall–Kier alpha value is -2.72. The Balaban J connectivity index is 1.55. The second kappa shape index (κ2) is 20.2. The summed E-state index contributed by atoms with van der Waals surface area (Å²) >= 11 is 6.90. The molecule has 0 spiro atoms. The molecule has 10 heteroatoms. The third kappa shape index (κ3) is 14.1. The topological polar surface area (TPSA) is 101 Å². The predicted octanol–water partition coefficient (Wildman–Crippen LogP) is 7.51. The molecule has 8 nitrogen and oxygen atoms in total. The third-order valence-corrected chi connectivity index (χ3v) is 6.70. The first-order chi connectivity index (χ1) is 19.4. The first-order valence-electron chi connectivity index (χ1n) is 13.9. The van der Waals surface area contributed by atoms with Crippen LogP contribution >= 0.6 is 31.9 Å². The Kier molecular flexibility index (Phi) is 16.9. The minimum atomic E-state index is -0.105. The fourth-order valence-corrected chi connectivity index (χ4v) is 4.42. The summed E-state index contributed by atoms with van der Waals surface area (Å²) in [5, 5.41) is 8.17. The van der Waals surface area contributed by atoms with Gasteiger partial charge in [-0.3, -0.25) is 9.59 Å². The molecule has 218 valence electrons. The van der Waals surface area contributed by atoms with Gasteiger partial charge in [0.15, 0.2) is 0 Å². The highest BCUT2D eigenvalue weighted by Crippen LogP contribution is 2.23. The normalized spacial score (nSPS) is 11.2. The molecule has 0 aliphatic rings. The number of hydrazone groups is 2. The van der Waals surface area contributed by atoms with E-state index < -0.39 is 0 Å². The molecule has 2 aromatic rings. The Bertz CT molecular complexity index is 1040. The van der Waals surface area contributed by atoms with E-state index in [1.165, 1.54) is 0 Å². The van der Waals surface area contributed by atoms with Gasteiger partial charge in [0.05, 0.1) is 25.6 Å². The van der Waals surface area contributed by atoms with E-state index in [1.807, 2.05) is 36.4 Å². The predicted molar refractivity (Wildman–Crippen MR) is 168 cm³/mol. The molecule has 2 rings (SSSR count). The van der Waals surface area contributed by atoms with Gasteiger partial charge in [-0.05, 0) is 62.1 Å². The van der Waals surface area contributed by atoms with Crippen molar-refractivity contribution in [3.05, 3.63) is 56.5 Å². The number of nitrogens with one attached hydrogen (secondary N) is 2. The number of benzene rings is 2. The molecule has 0 aliphatic heterocycles. The largest absolute Gasteiger partial charge is 0.493 e. The maximum Gasteiger partial charge on any atom is 0.240 e. The minimum Gasteiger partial charge on any atom is -0.493 e. The number of amides is 2. The third-order valence-electron chi connectivity index (χ3n) is 5.71. The molecular weight excluding hydrogens is 640 g/mol. The average Bonchev–Trinajstić information content (AvgIpc) is 2.93. The lowest BCUT2D eigenvalue weighted by Gasteiger charge is -2.08. The van der Waals surface area contributed by atoms with Crippen LogP contribution in [-0.4, -0.2) is 37.5 Å². The van der Waals surface area contributed by atoms with Crippen LogP contribution in [0.4, 0.5) is 0 Å². The number of rotatable bonds is 19. The fourth-order valence-electron chi connectivity index (χ4n) is 3.66. The number of nitrogens with zero attached hydrogens (tertiary/aromatic N) is 2. The van der Waals surface area contributed by atoms with Crippen LogP contribution in [0.25, 0.3) is 0 Å². The van der Waals surface area contributed by atoms with Crippen LogP contribution in [0.2, 0.25) is 0 Å². The van der Waals surface area contributed by atoms with Crippen molar-refractivity contribution in [1.29, 1.82) is 0 Å². The van der Waals surface area contributed by atoms with Crippen LogP contribution < -0.4 is 20.3 Å². The van der Waals surface area contributed by atoms with Crippen molar-refractivity contribution < 1.29 is 19.1 Å². The maximum absolute atomic E-state index is 12.1. The molecule has 0 aliphatic carbocycles. The molecule has 0 heterocycles. The van der Waals surface area contributed by atoms with Gasteiger partial charge in [0.25, 0.3) is 0 Å². The van der Waals surface area contributed by atoms with Gasteiger partial charge in [0.2, 0.25) is 11.8 Å². The first kappa shape index (κ1) is 33.5. The summed E-state index contributed by atoms with van der Waals surface area (Å²) in [6.07, 6.45) is 11.5. The molecular formula is C30H40Br2N4O4. The Morgan fingerprint density at radius 2 is 1.10 bits per heavy atom. The van der Waals surface area contributed by atoms with Crippen molar-refractivity contribution in [3.63, 3.8) is 0 Å². The van der Waals surface area contributed by atoms with Crippen molar-refractivity contribution in [2.45, 2.75) is 78.1 Å². The molecule has 0 aromatic heterocycles. The average molecular weight is 680 g/mol. The zero-order valence-electron chi connectivity index (χ0n) is 23.4. The van der Waals surface area contributed by atoms with Crippen molar-refractivity contribution in [1.82, 2.24) is 10.9 Å². The molecule has 2 aromatic carbocycles. The number of ether oxygens (including phenoxy) is 2. The molecule has 0 saturated carbocycles. The minimum absolute atomic E-state index is 0.105. The van der Waals surface area contributed by atoms with Crippen molar-refractivity contribution >= 4 is 56.1 Å². The van der Waals surface area contributed by atoms with Crippen molar-refractivity contribution in [2.24, 2.45) is 10.2 Å². The van der Waals surface area contributed by atoms with E-state index in [9.17, 15) is 9.59 Å². The second-order valence-electron chi connectivity index (χ2n) is 9.27. The van der Waals surface area contributed by atoms with Crippen molar-refractivity contribution in [2.75, 3.05) is 13.2 Å².